The molecule has 0 aliphatic carbocycles. The number of H-pyrrole nitrogens is 1. The van der Waals surface area contributed by atoms with E-state index in [0.29, 0.717) is 23.4 Å². The molecule has 1 N–H and O–H groups in total. The first-order valence-corrected chi connectivity index (χ1v) is 9.63. The molecule has 2 aromatic carbocycles. The molecule has 2 aromatic heterocycles. The summed E-state index contributed by atoms with van der Waals surface area (Å²) < 4.78 is 0. The smallest absolute Gasteiger partial charge is 0.254 e. The molecule has 148 valence electrons. The average molecular weight is 395 g/mol. The quantitative estimate of drug-likeness (QED) is 0.555. The van der Waals surface area contributed by atoms with Crippen LogP contribution < -0.4 is 0 Å². The van der Waals surface area contributed by atoms with E-state index in [0.717, 1.165) is 33.5 Å². The van der Waals surface area contributed by atoms with Gasteiger partial charge in [-0.25, -0.2) is 9.97 Å². The molecular weight excluding hydrogens is 374 g/mol. The second kappa shape index (κ2) is 7.80. The normalized spacial score (nSPS) is 10.7. The highest BCUT2D eigenvalue weighted by molar-refractivity contribution is 5.95. The highest BCUT2D eigenvalue weighted by Gasteiger charge is 2.16. The van der Waals surface area contributed by atoms with Crippen molar-refractivity contribution in [2.24, 2.45) is 0 Å². The number of carbonyl (C=O) groups excluding carboxylic acids is 1. The van der Waals surface area contributed by atoms with E-state index in [-0.39, 0.29) is 5.91 Å². The summed E-state index contributed by atoms with van der Waals surface area (Å²) >= 11 is 0. The molecule has 4 aromatic rings. The number of carbonyl (C=O) groups is 1. The summed E-state index contributed by atoms with van der Waals surface area (Å²) in [7, 11) is 1.75. The van der Waals surface area contributed by atoms with Gasteiger partial charge in [-0.05, 0) is 37.6 Å². The lowest BCUT2D eigenvalue weighted by molar-refractivity contribution is 0.0782. The van der Waals surface area contributed by atoms with Crippen molar-refractivity contribution in [3.05, 3.63) is 82.9 Å². The van der Waals surface area contributed by atoms with Crippen LogP contribution in [0.15, 0.2) is 54.7 Å². The number of hydrogen-bond donors (Lipinski definition) is 1. The fourth-order valence-electron chi connectivity index (χ4n) is 3.56. The van der Waals surface area contributed by atoms with Crippen LogP contribution in [0.5, 0.6) is 0 Å². The monoisotopic (exact) mass is 395 g/mol. The van der Waals surface area contributed by atoms with Crippen LogP contribution in [0.3, 0.4) is 0 Å². The molecule has 0 bridgehead atoms. The van der Waals surface area contributed by atoms with E-state index in [1.54, 1.807) is 30.3 Å². The number of amides is 1. The van der Waals surface area contributed by atoms with Gasteiger partial charge in [0.2, 0.25) is 0 Å². The minimum Gasteiger partial charge on any atom is -0.345 e. The zero-order chi connectivity index (χ0) is 21.3. The van der Waals surface area contributed by atoms with Crippen molar-refractivity contribution in [3.63, 3.8) is 0 Å². The van der Waals surface area contributed by atoms with Gasteiger partial charge in [0.25, 0.3) is 5.91 Å². The van der Waals surface area contributed by atoms with Crippen molar-refractivity contribution < 1.29 is 4.79 Å². The Morgan fingerprint density at radius 3 is 2.53 bits per heavy atom. The Hall–Kier alpha value is -3.98. The molecule has 4 rings (SSSR count). The van der Waals surface area contributed by atoms with Gasteiger partial charge in [0.15, 0.2) is 0 Å². The number of para-hydroxylation sites is 1. The first-order chi connectivity index (χ1) is 14.5. The van der Waals surface area contributed by atoms with Crippen LogP contribution in [0.25, 0.3) is 22.2 Å². The van der Waals surface area contributed by atoms with E-state index in [1.165, 1.54) is 0 Å². The highest BCUT2D eigenvalue weighted by Crippen LogP contribution is 2.29. The zero-order valence-electron chi connectivity index (χ0n) is 17.1. The first kappa shape index (κ1) is 19.3. The lowest BCUT2D eigenvalue weighted by Gasteiger charge is -2.16. The molecule has 6 nitrogen and oxygen atoms in total. The lowest BCUT2D eigenvalue weighted by Crippen LogP contribution is -2.26. The number of rotatable bonds is 4. The predicted molar refractivity (Wildman–Crippen MR) is 116 cm³/mol. The number of imidazole rings is 1. The van der Waals surface area contributed by atoms with Crippen molar-refractivity contribution in [3.8, 4) is 17.3 Å². The summed E-state index contributed by atoms with van der Waals surface area (Å²) in [6.45, 7) is 4.27. The molecule has 0 saturated carbocycles. The van der Waals surface area contributed by atoms with E-state index in [1.807, 2.05) is 50.2 Å². The molecule has 0 atom stereocenters. The Labute approximate surface area is 174 Å². The van der Waals surface area contributed by atoms with Crippen LogP contribution in [0.2, 0.25) is 0 Å². The van der Waals surface area contributed by atoms with Crippen LogP contribution in [0.4, 0.5) is 0 Å². The molecule has 0 aliphatic rings. The molecule has 0 spiro atoms. The molecule has 30 heavy (non-hydrogen) atoms. The number of aromatic nitrogens is 3. The number of aromatic amines is 1. The van der Waals surface area contributed by atoms with Crippen LogP contribution in [0, 0.1) is 25.2 Å². The van der Waals surface area contributed by atoms with Crippen molar-refractivity contribution in [1.82, 2.24) is 19.9 Å². The summed E-state index contributed by atoms with van der Waals surface area (Å²) in [5.74, 6) is 0.647. The average Bonchev–Trinajstić information content (AvgIpc) is 3.17. The number of benzene rings is 2. The molecule has 0 aliphatic heterocycles. The molecular formula is C24H21N5O. The van der Waals surface area contributed by atoms with Gasteiger partial charge < -0.3 is 9.88 Å². The third-order valence-electron chi connectivity index (χ3n) is 5.16. The van der Waals surface area contributed by atoms with Crippen molar-refractivity contribution >= 4 is 16.8 Å². The van der Waals surface area contributed by atoms with Crippen LogP contribution in [-0.2, 0) is 6.54 Å². The van der Waals surface area contributed by atoms with Gasteiger partial charge in [0, 0.05) is 35.5 Å². The van der Waals surface area contributed by atoms with E-state index in [2.05, 4.69) is 16.0 Å². The molecule has 6 heteroatoms. The van der Waals surface area contributed by atoms with Gasteiger partial charge in [0.1, 0.15) is 11.9 Å². The van der Waals surface area contributed by atoms with Crippen LogP contribution in [0.1, 0.15) is 33.0 Å². The van der Waals surface area contributed by atoms with Crippen molar-refractivity contribution in [2.45, 2.75) is 20.4 Å². The van der Waals surface area contributed by atoms with Gasteiger partial charge in [-0.2, -0.15) is 5.26 Å². The van der Waals surface area contributed by atoms with E-state index >= 15 is 0 Å². The number of nitrogens with one attached hydrogen (secondary N) is 1. The van der Waals surface area contributed by atoms with E-state index in [4.69, 9.17) is 4.98 Å². The Kier molecular flexibility index (Phi) is 5.03. The maximum Gasteiger partial charge on any atom is 0.254 e. The van der Waals surface area contributed by atoms with Gasteiger partial charge in [-0.3, -0.25) is 4.79 Å². The maximum atomic E-state index is 12.8. The van der Waals surface area contributed by atoms with Gasteiger partial charge in [-0.15, -0.1) is 0 Å². The first-order valence-electron chi connectivity index (χ1n) is 9.63. The molecule has 0 saturated heterocycles. The third kappa shape index (κ3) is 3.53. The lowest BCUT2D eigenvalue weighted by atomic mass is 9.98. The summed E-state index contributed by atoms with van der Waals surface area (Å²) in [6, 6.07) is 17.3. The highest BCUT2D eigenvalue weighted by atomic mass is 16.2. The number of nitrogens with zero attached hydrogens (tertiary/aromatic N) is 4. The Bertz CT molecular complexity index is 1280. The summed E-state index contributed by atoms with van der Waals surface area (Å²) in [5.41, 5.74) is 5.28. The number of hydrogen-bond acceptors (Lipinski definition) is 4. The van der Waals surface area contributed by atoms with E-state index < -0.39 is 0 Å². The Balaban J connectivity index is 1.64. The number of aryl methyl sites for hydroxylation is 2. The van der Waals surface area contributed by atoms with Crippen molar-refractivity contribution in [1.29, 1.82) is 5.26 Å². The second-order valence-electron chi connectivity index (χ2n) is 7.34. The van der Waals surface area contributed by atoms with Gasteiger partial charge >= 0.3 is 0 Å². The molecule has 0 unspecified atom stereocenters. The molecule has 0 fully saturated rings. The molecule has 0 radical (unpaired) electrons. The second-order valence-corrected chi connectivity index (χ2v) is 7.34. The molecule has 2 heterocycles. The standard InChI is InChI=1S/C24H21N5O/c1-15-13-26-22(27-15)14-29(3)24(30)18-10-8-17(9-11-18)23-20(12-25)16(2)19-6-4-5-7-21(19)28-23/h4-11,13H,14H2,1-3H3,(H,26,27). The largest absolute Gasteiger partial charge is 0.345 e. The van der Waals surface area contributed by atoms with E-state index in [9.17, 15) is 10.1 Å². The Morgan fingerprint density at radius 1 is 1.13 bits per heavy atom. The van der Waals surface area contributed by atoms with Gasteiger partial charge in [0.05, 0.1) is 23.3 Å². The van der Waals surface area contributed by atoms with Crippen LogP contribution >= 0.6 is 0 Å². The third-order valence-corrected chi connectivity index (χ3v) is 5.16. The maximum absolute atomic E-state index is 12.8. The predicted octanol–water partition coefficient (Wildman–Crippen LogP) is 4.39. The minimum absolute atomic E-state index is 0.0984. The number of nitriles is 1. The summed E-state index contributed by atoms with van der Waals surface area (Å²) in [5, 5.41) is 10.7. The molecule has 1 amide bonds. The van der Waals surface area contributed by atoms with Crippen molar-refractivity contribution in [2.75, 3.05) is 7.05 Å². The minimum atomic E-state index is -0.0984. The summed E-state index contributed by atoms with van der Waals surface area (Å²) in [6.07, 6.45) is 1.74. The van der Waals surface area contributed by atoms with Crippen LogP contribution in [-0.4, -0.2) is 32.8 Å². The zero-order valence-corrected chi connectivity index (χ0v) is 17.1. The number of fused-ring (bicyclic) bond motifs is 1. The fourth-order valence-corrected chi connectivity index (χ4v) is 3.56. The fraction of sp³-hybridized carbons (Fsp3) is 0.167. The summed E-state index contributed by atoms with van der Waals surface area (Å²) in [4.78, 5) is 26.5. The topological polar surface area (TPSA) is 85.7 Å². The number of pyridine rings is 1. The SMILES string of the molecule is Cc1cnc(CN(C)C(=O)c2ccc(-c3nc4ccccc4c(C)c3C#N)cc2)[nH]1. The van der Waals surface area contributed by atoms with Gasteiger partial charge in [-0.1, -0.05) is 30.3 Å². The Morgan fingerprint density at radius 2 is 1.87 bits per heavy atom.